The molecule has 2 rings (SSSR count). The molecule has 1 aliphatic rings. The Bertz CT molecular complexity index is 378. The Morgan fingerprint density at radius 3 is 2.59 bits per heavy atom. The summed E-state index contributed by atoms with van der Waals surface area (Å²) < 4.78 is 0. The summed E-state index contributed by atoms with van der Waals surface area (Å²) in [5, 5.41) is 0. The number of nitrogens with zero attached hydrogens (tertiary/aromatic N) is 1. The van der Waals surface area contributed by atoms with Crippen molar-refractivity contribution < 1.29 is 4.79 Å². The van der Waals surface area contributed by atoms with E-state index in [0.29, 0.717) is 11.8 Å². The van der Waals surface area contributed by atoms with Crippen LogP contribution in [-0.4, -0.2) is 24.4 Å². The first-order valence-corrected chi connectivity index (χ1v) is 6.50. The lowest BCUT2D eigenvalue weighted by molar-refractivity contribution is -0.119. The van der Waals surface area contributed by atoms with Gasteiger partial charge in [0.2, 0.25) is 6.41 Å². The zero-order valence-electron chi connectivity index (χ0n) is 10.7. The highest BCUT2D eigenvalue weighted by Crippen LogP contribution is 2.29. The number of carbonyl (C=O) groups excluding carboxylic acids is 1. The highest BCUT2D eigenvalue weighted by atomic mass is 16.1. The van der Waals surface area contributed by atoms with E-state index < -0.39 is 0 Å². The molecule has 0 radical (unpaired) electrons. The number of hydrogen-bond acceptors (Lipinski definition) is 1. The van der Waals surface area contributed by atoms with Crippen molar-refractivity contribution in [1.82, 2.24) is 4.90 Å². The maximum absolute atomic E-state index is 10.7. The summed E-state index contributed by atoms with van der Waals surface area (Å²) in [6, 6.07) is 8.94. The van der Waals surface area contributed by atoms with Gasteiger partial charge in [-0.2, -0.15) is 0 Å². The zero-order valence-corrected chi connectivity index (χ0v) is 10.7. The molecule has 1 amide bonds. The molecule has 1 aromatic rings. The monoisotopic (exact) mass is 231 g/mol. The number of benzene rings is 1. The van der Waals surface area contributed by atoms with Gasteiger partial charge in [0.1, 0.15) is 0 Å². The van der Waals surface area contributed by atoms with Crippen LogP contribution in [-0.2, 0) is 4.79 Å². The lowest BCUT2D eigenvalue weighted by Gasteiger charge is -2.29. The first-order valence-electron chi connectivity index (χ1n) is 6.50. The summed E-state index contributed by atoms with van der Waals surface area (Å²) in [5.74, 6) is 1.22. The van der Waals surface area contributed by atoms with E-state index in [9.17, 15) is 4.79 Å². The molecule has 0 atom stereocenters. The molecule has 0 spiro atoms. The fourth-order valence-electron chi connectivity index (χ4n) is 2.51. The van der Waals surface area contributed by atoms with E-state index in [0.717, 1.165) is 32.3 Å². The van der Waals surface area contributed by atoms with Gasteiger partial charge in [-0.25, -0.2) is 0 Å². The molecular formula is C15H21NO. The van der Waals surface area contributed by atoms with Gasteiger partial charge in [-0.1, -0.05) is 38.1 Å². The second-order valence-electron chi connectivity index (χ2n) is 5.24. The Morgan fingerprint density at radius 2 is 2.00 bits per heavy atom. The predicted octanol–water partition coefficient (Wildman–Crippen LogP) is 3.15. The predicted molar refractivity (Wildman–Crippen MR) is 70.1 cm³/mol. The van der Waals surface area contributed by atoms with E-state index in [4.69, 9.17) is 0 Å². The fraction of sp³-hybridized carbons (Fsp3) is 0.533. The van der Waals surface area contributed by atoms with Crippen molar-refractivity contribution in [2.24, 2.45) is 0 Å². The van der Waals surface area contributed by atoms with Crippen LogP contribution >= 0.6 is 0 Å². The summed E-state index contributed by atoms with van der Waals surface area (Å²) >= 11 is 0. The summed E-state index contributed by atoms with van der Waals surface area (Å²) in [4.78, 5) is 12.6. The Morgan fingerprint density at radius 1 is 1.29 bits per heavy atom. The molecule has 0 aliphatic carbocycles. The molecule has 0 unspecified atom stereocenters. The number of likely N-dealkylation sites (tertiary alicyclic amines) is 1. The van der Waals surface area contributed by atoms with E-state index in [1.807, 2.05) is 4.90 Å². The van der Waals surface area contributed by atoms with Crippen LogP contribution in [0.25, 0.3) is 0 Å². The maximum atomic E-state index is 10.7. The molecule has 0 N–H and O–H groups in total. The number of amides is 1. The molecule has 1 heterocycles. The standard InChI is InChI=1S/C15H21NO/c1-12(2)14-4-3-5-15(10-14)13-6-8-16(11-17)9-7-13/h3-5,10-13H,6-9H2,1-2H3. The highest BCUT2D eigenvalue weighted by molar-refractivity contribution is 5.47. The van der Waals surface area contributed by atoms with Crippen molar-refractivity contribution in [3.8, 4) is 0 Å². The average Bonchev–Trinajstić information content (AvgIpc) is 2.39. The van der Waals surface area contributed by atoms with E-state index in [-0.39, 0.29) is 0 Å². The first kappa shape index (κ1) is 12.2. The van der Waals surface area contributed by atoms with Crippen molar-refractivity contribution in [1.29, 1.82) is 0 Å². The number of carbonyl (C=O) groups is 1. The minimum atomic E-state index is 0.588. The molecule has 1 aliphatic heterocycles. The van der Waals surface area contributed by atoms with Crippen LogP contribution < -0.4 is 0 Å². The van der Waals surface area contributed by atoms with Gasteiger partial charge in [0.15, 0.2) is 0 Å². The van der Waals surface area contributed by atoms with Gasteiger partial charge in [0.25, 0.3) is 0 Å². The lowest BCUT2D eigenvalue weighted by atomic mass is 9.87. The number of piperidine rings is 1. The molecular weight excluding hydrogens is 210 g/mol. The minimum absolute atomic E-state index is 0.588. The van der Waals surface area contributed by atoms with Crippen LogP contribution in [0, 0.1) is 0 Å². The third kappa shape index (κ3) is 2.87. The summed E-state index contributed by atoms with van der Waals surface area (Å²) in [7, 11) is 0. The molecule has 0 aromatic heterocycles. The fourth-order valence-corrected chi connectivity index (χ4v) is 2.51. The molecule has 92 valence electrons. The quantitative estimate of drug-likeness (QED) is 0.732. The largest absolute Gasteiger partial charge is 0.345 e. The van der Waals surface area contributed by atoms with Crippen molar-refractivity contribution in [2.75, 3.05) is 13.1 Å². The SMILES string of the molecule is CC(C)c1cccc(C2CCN(C=O)CC2)c1. The third-order valence-corrected chi connectivity index (χ3v) is 3.73. The molecule has 2 heteroatoms. The minimum Gasteiger partial charge on any atom is -0.345 e. The van der Waals surface area contributed by atoms with Crippen LogP contribution in [0.4, 0.5) is 0 Å². The van der Waals surface area contributed by atoms with Gasteiger partial charge in [-0.15, -0.1) is 0 Å². The molecule has 0 bridgehead atoms. The van der Waals surface area contributed by atoms with Crippen molar-refractivity contribution in [2.45, 2.75) is 38.5 Å². The topological polar surface area (TPSA) is 20.3 Å². The van der Waals surface area contributed by atoms with E-state index in [2.05, 4.69) is 38.1 Å². The van der Waals surface area contributed by atoms with Crippen LogP contribution in [0.5, 0.6) is 0 Å². The second-order valence-corrected chi connectivity index (χ2v) is 5.24. The maximum Gasteiger partial charge on any atom is 0.209 e. The van der Waals surface area contributed by atoms with Gasteiger partial charge < -0.3 is 4.90 Å². The van der Waals surface area contributed by atoms with Gasteiger partial charge in [0, 0.05) is 13.1 Å². The van der Waals surface area contributed by atoms with E-state index in [1.165, 1.54) is 11.1 Å². The lowest BCUT2D eigenvalue weighted by Crippen LogP contribution is -2.31. The average molecular weight is 231 g/mol. The van der Waals surface area contributed by atoms with E-state index >= 15 is 0 Å². The Hall–Kier alpha value is -1.31. The van der Waals surface area contributed by atoms with Crippen molar-refractivity contribution >= 4 is 6.41 Å². The number of hydrogen-bond donors (Lipinski definition) is 0. The molecule has 1 saturated heterocycles. The van der Waals surface area contributed by atoms with Gasteiger partial charge in [-0.05, 0) is 35.8 Å². The molecule has 1 aromatic carbocycles. The zero-order chi connectivity index (χ0) is 12.3. The number of rotatable bonds is 3. The normalized spacial score (nSPS) is 17.5. The van der Waals surface area contributed by atoms with Crippen LogP contribution in [0.1, 0.15) is 49.7 Å². The van der Waals surface area contributed by atoms with Gasteiger partial charge in [0.05, 0.1) is 0 Å². The Labute approximate surface area is 104 Å². The molecule has 17 heavy (non-hydrogen) atoms. The van der Waals surface area contributed by atoms with Crippen LogP contribution in [0.3, 0.4) is 0 Å². The van der Waals surface area contributed by atoms with Gasteiger partial charge in [-0.3, -0.25) is 4.79 Å². The van der Waals surface area contributed by atoms with Crippen LogP contribution in [0.15, 0.2) is 24.3 Å². The summed E-state index contributed by atoms with van der Waals surface area (Å²) in [5.41, 5.74) is 2.86. The molecule has 1 fully saturated rings. The van der Waals surface area contributed by atoms with Crippen molar-refractivity contribution in [3.05, 3.63) is 35.4 Å². The molecule has 2 nitrogen and oxygen atoms in total. The highest BCUT2D eigenvalue weighted by Gasteiger charge is 2.19. The second kappa shape index (κ2) is 5.35. The molecule has 0 saturated carbocycles. The van der Waals surface area contributed by atoms with E-state index in [1.54, 1.807) is 0 Å². The van der Waals surface area contributed by atoms with Crippen LogP contribution in [0.2, 0.25) is 0 Å². The smallest absolute Gasteiger partial charge is 0.209 e. The Balaban J connectivity index is 2.07. The first-order chi connectivity index (χ1) is 8.20. The summed E-state index contributed by atoms with van der Waals surface area (Å²) in [6.45, 7) is 6.27. The van der Waals surface area contributed by atoms with Gasteiger partial charge >= 0.3 is 0 Å². The third-order valence-electron chi connectivity index (χ3n) is 3.73. The summed E-state index contributed by atoms with van der Waals surface area (Å²) in [6.07, 6.45) is 3.17. The van der Waals surface area contributed by atoms with Crippen molar-refractivity contribution in [3.63, 3.8) is 0 Å². The Kier molecular flexibility index (Phi) is 3.82.